The van der Waals surface area contributed by atoms with Gasteiger partial charge in [0.05, 0.1) is 20.1 Å². The predicted molar refractivity (Wildman–Crippen MR) is 85.0 cm³/mol. The fourth-order valence-electron chi connectivity index (χ4n) is 2.17. The molecule has 0 spiro atoms. The molecule has 0 heterocycles. The van der Waals surface area contributed by atoms with Crippen molar-refractivity contribution in [2.24, 2.45) is 0 Å². The van der Waals surface area contributed by atoms with Crippen LogP contribution in [0.4, 0.5) is 0 Å². The first kappa shape index (κ1) is 17.9. The maximum Gasteiger partial charge on any atom is 0.306 e. The molecular formula is C16H25O4P. The summed E-state index contributed by atoms with van der Waals surface area (Å²) in [4.78, 5) is 11.2. The van der Waals surface area contributed by atoms with E-state index in [1.807, 2.05) is 25.1 Å². The van der Waals surface area contributed by atoms with E-state index in [9.17, 15) is 9.36 Å². The first-order valence-electron chi connectivity index (χ1n) is 7.43. The largest absolute Gasteiger partial charge is 0.469 e. The zero-order chi connectivity index (χ0) is 15.6. The van der Waals surface area contributed by atoms with E-state index in [1.54, 1.807) is 0 Å². The van der Waals surface area contributed by atoms with E-state index in [-0.39, 0.29) is 18.6 Å². The second kappa shape index (κ2) is 9.75. The van der Waals surface area contributed by atoms with Crippen molar-refractivity contribution in [2.75, 3.05) is 26.0 Å². The number of aryl methyl sites for hydroxylation is 1. The highest BCUT2D eigenvalue weighted by Crippen LogP contribution is 2.48. The number of hydrogen-bond acceptors (Lipinski definition) is 4. The lowest BCUT2D eigenvalue weighted by molar-refractivity contribution is -0.140. The van der Waals surface area contributed by atoms with E-state index in [0.717, 1.165) is 19.3 Å². The van der Waals surface area contributed by atoms with Crippen LogP contribution in [0.5, 0.6) is 0 Å². The molecule has 5 heteroatoms. The van der Waals surface area contributed by atoms with Gasteiger partial charge in [0.1, 0.15) is 0 Å². The Kier molecular flexibility index (Phi) is 8.33. The van der Waals surface area contributed by atoms with E-state index in [0.29, 0.717) is 12.8 Å². The van der Waals surface area contributed by atoms with Crippen LogP contribution in [-0.2, 0) is 25.0 Å². The zero-order valence-electron chi connectivity index (χ0n) is 12.9. The minimum atomic E-state index is -2.71. The molecule has 1 atom stereocenters. The van der Waals surface area contributed by atoms with Crippen LogP contribution in [0.1, 0.15) is 31.7 Å². The highest BCUT2D eigenvalue weighted by Gasteiger charge is 2.23. The molecule has 0 radical (unpaired) electrons. The maximum absolute atomic E-state index is 12.6. The molecule has 0 saturated heterocycles. The fraction of sp³-hybridized carbons (Fsp3) is 0.562. The summed E-state index contributed by atoms with van der Waals surface area (Å²) in [7, 11) is -1.37. The van der Waals surface area contributed by atoms with Gasteiger partial charge in [-0.2, -0.15) is 0 Å². The van der Waals surface area contributed by atoms with Gasteiger partial charge >= 0.3 is 5.97 Å². The summed E-state index contributed by atoms with van der Waals surface area (Å²) >= 11 is 0. The minimum Gasteiger partial charge on any atom is -0.469 e. The van der Waals surface area contributed by atoms with Crippen LogP contribution in [0.3, 0.4) is 0 Å². The van der Waals surface area contributed by atoms with Crippen molar-refractivity contribution in [3.8, 4) is 0 Å². The van der Waals surface area contributed by atoms with Gasteiger partial charge < -0.3 is 9.26 Å². The lowest BCUT2D eigenvalue weighted by Gasteiger charge is -2.17. The summed E-state index contributed by atoms with van der Waals surface area (Å²) in [6.45, 7) is 2.24. The summed E-state index contributed by atoms with van der Waals surface area (Å²) in [5, 5.41) is 0. The molecule has 0 aliphatic rings. The van der Waals surface area contributed by atoms with Crippen LogP contribution in [0, 0.1) is 0 Å². The van der Waals surface area contributed by atoms with Crippen molar-refractivity contribution in [2.45, 2.75) is 32.6 Å². The van der Waals surface area contributed by atoms with Gasteiger partial charge in [0, 0.05) is 12.3 Å². The Balaban J connectivity index is 2.36. The molecule has 0 bridgehead atoms. The number of ether oxygens (including phenoxy) is 1. The molecule has 1 aromatic rings. The summed E-state index contributed by atoms with van der Waals surface area (Å²) in [5.41, 5.74) is 1.29. The molecule has 0 fully saturated rings. The topological polar surface area (TPSA) is 52.6 Å². The molecule has 21 heavy (non-hydrogen) atoms. The number of rotatable bonds is 10. The maximum atomic E-state index is 12.6. The van der Waals surface area contributed by atoms with E-state index >= 15 is 0 Å². The smallest absolute Gasteiger partial charge is 0.306 e. The molecule has 0 N–H and O–H groups in total. The van der Waals surface area contributed by atoms with Crippen LogP contribution < -0.4 is 0 Å². The van der Waals surface area contributed by atoms with Gasteiger partial charge in [0.25, 0.3) is 0 Å². The Morgan fingerprint density at radius 3 is 2.48 bits per heavy atom. The van der Waals surface area contributed by atoms with Crippen LogP contribution >= 0.6 is 7.37 Å². The highest BCUT2D eigenvalue weighted by atomic mass is 31.2. The molecule has 1 aromatic carbocycles. The minimum absolute atomic E-state index is 0.159. The standard InChI is InChI=1S/C16H25O4P/c1-3-20-21(18,14-12-16(17)19-2)13-8-7-11-15-9-5-4-6-10-15/h4-6,9-10H,3,7-8,11-14H2,1-2H3. The van der Waals surface area contributed by atoms with Gasteiger partial charge in [-0.1, -0.05) is 30.3 Å². The molecule has 1 rings (SSSR count). The molecule has 0 aliphatic heterocycles. The van der Waals surface area contributed by atoms with Gasteiger partial charge in [-0.15, -0.1) is 0 Å². The SMILES string of the molecule is CCOP(=O)(CCCCc1ccccc1)CCC(=O)OC. The summed E-state index contributed by atoms with van der Waals surface area (Å²) in [6.07, 6.45) is 3.76. The third kappa shape index (κ3) is 7.45. The average molecular weight is 312 g/mol. The average Bonchev–Trinajstić information content (AvgIpc) is 2.51. The Labute approximate surface area is 127 Å². The highest BCUT2D eigenvalue weighted by molar-refractivity contribution is 7.59. The molecule has 4 nitrogen and oxygen atoms in total. The van der Waals surface area contributed by atoms with Gasteiger partial charge in [-0.05, 0) is 31.7 Å². The number of esters is 1. The second-order valence-corrected chi connectivity index (χ2v) is 7.73. The second-order valence-electron chi connectivity index (χ2n) is 4.95. The number of carbonyl (C=O) groups is 1. The lowest BCUT2D eigenvalue weighted by Crippen LogP contribution is -2.07. The molecule has 1 unspecified atom stereocenters. The Bertz CT molecular complexity index is 459. The van der Waals surface area contributed by atoms with E-state index in [1.165, 1.54) is 12.7 Å². The Morgan fingerprint density at radius 1 is 1.14 bits per heavy atom. The molecule has 0 aromatic heterocycles. The van der Waals surface area contributed by atoms with Crippen LogP contribution in [0.25, 0.3) is 0 Å². The fourth-order valence-corrected chi connectivity index (χ4v) is 4.35. The Hall–Kier alpha value is -1.12. The third-order valence-corrected chi connectivity index (χ3v) is 5.94. The van der Waals surface area contributed by atoms with Crippen LogP contribution in [0.2, 0.25) is 0 Å². The number of unbranched alkanes of at least 4 members (excludes halogenated alkanes) is 1. The molecule has 0 aliphatic carbocycles. The molecule has 118 valence electrons. The zero-order valence-corrected chi connectivity index (χ0v) is 13.8. The number of methoxy groups -OCH3 is 1. The van der Waals surface area contributed by atoms with Crippen molar-refractivity contribution in [1.29, 1.82) is 0 Å². The summed E-state index contributed by atoms with van der Waals surface area (Å²) in [5.74, 6) is -0.334. The van der Waals surface area contributed by atoms with Gasteiger partial charge in [0.15, 0.2) is 0 Å². The van der Waals surface area contributed by atoms with Gasteiger partial charge in [0.2, 0.25) is 7.37 Å². The van der Waals surface area contributed by atoms with Crippen molar-refractivity contribution in [3.05, 3.63) is 35.9 Å². The van der Waals surface area contributed by atoms with Crippen molar-refractivity contribution in [1.82, 2.24) is 0 Å². The van der Waals surface area contributed by atoms with Crippen molar-refractivity contribution in [3.63, 3.8) is 0 Å². The predicted octanol–water partition coefficient (Wildman–Crippen LogP) is 3.89. The number of hydrogen-bond donors (Lipinski definition) is 0. The summed E-state index contributed by atoms with van der Waals surface area (Å²) < 4.78 is 22.6. The monoisotopic (exact) mass is 312 g/mol. The number of carbonyl (C=O) groups excluding carboxylic acids is 1. The van der Waals surface area contributed by atoms with Crippen molar-refractivity contribution < 1.29 is 18.6 Å². The van der Waals surface area contributed by atoms with Gasteiger partial charge in [-0.3, -0.25) is 9.36 Å². The Morgan fingerprint density at radius 2 is 1.86 bits per heavy atom. The molecular weight excluding hydrogens is 287 g/mol. The van der Waals surface area contributed by atoms with E-state index < -0.39 is 7.37 Å². The van der Waals surface area contributed by atoms with Crippen molar-refractivity contribution >= 4 is 13.3 Å². The first-order chi connectivity index (χ1) is 10.1. The van der Waals surface area contributed by atoms with Crippen LogP contribution in [-0.4, -0.2) is 32.0 Å². The first-order valence-corrected chi connectivity index (χ1v) is 9.42. The molecule has 0 saturated carbocycles. The summed E-state index contributed by atoms with van der Waals surface area (Å²) in [6, 6.07) is 10.2. The van der Waals surface area contributed by atoms with E-state index in [2.05, 4.69) is 16.9 Å². The molecule has 0 amide bonds. The lowest BCUT2D eigenvalue weighted by atomic mass is 10.1. The number of benzene rings is 1. The van der Waals surface area contributed by atoms with Gasteiger partial charge in [-0.25, -0.2) is 0 Å². The van der Waals surface area contributed by atoms with Crippen LogP contribution in [0.15, 0.2) is 30.3 Å². The quantitative estimate of drug-likeness (QED) is 0.374. The van der Waals surface area contributed by atoms with E-state index in [4.69, 9.17) is 4.52 Å². The third-order valence-electron chi connectivity index (χ3n) is 3.31. The normalized spacial score (nSPS) is 13.6.